The summed E-state index contributed by atoms with van der Waals surface area (Å²) in [5, 5.41) is 11.9. The number of aromatic nitrogens is 1. The number of likely N-dealkylation sites (tertiary alicyclic amines) is 1. The van der Waals surface area contributed by atoms with Crippen molar-refractivity contribution in [3.05, 3.63) is 70.5 Å². The molecule has 1 aliphatic rings. The Balaban J connectivity index is 1.47. The van der Waals surface area contributed by atoms with Gasteiger partial charge in [0.2, 0.25) is 0 Å². The SMILES string of the molecule is O=C(O)c1ccc(-c2csc([C@H]3CCCCN3C(=O)COc3ccccc3)n2)cc1. The van der Waals surface area contributed by atoms with Gasteiger partial charge in [-0.15, -0.1) is 11.3 Å². The third-order valence-electron chi connectivity index (χ3n) is 5.16. The van der Waals surface area contributed by atoms with E-state index >= 15 is 0 Å². The molecule has 1 amide bonds. The third-order valence-corrected chi connectivity index (χ3v) is 6.11. The van der Waals surface area contributed by atoms with Crippen LogP contribution in [0.5, 0.6) is 5.75 Å². The van der Waals surface area contributed by atoms with E-state index in [1.54, 1.807) is 24.3 Å². The fraction of sp³-hybridized carbons (Fsp3) is 0.261. The maximum absolute atomic E-state index is 12.9. The molecule has 7 heteroatoms. The molecule has 0 aliphatic carbocycles. The fourth-order valence-electron chi connectivity index (χ4n) is 3.59. The van der Waals surface area contributed by atoms with Gasteiger partial charge in [-0.1, -0.05) is 30.3 Å². The van der Waals surface area contributed by atoms with Gasteiger partial charge in [0.1, 0.15) is 10.8 Å². The monoisotopic (exact) mass is 422 g/mol. The Labute approximate surface area is 178 Å². The molecule has 1 atom stereocenters. The van der Waals surface area contributed by atoms with E-state index in [4.69, 9.17) is 14.8 Å². The molecule has 3 aromatic rings. The molecule has 6 nitrogen and oxygen atoms in total. The number of carbonyl (C=O) groups is 2. The highest BCUT2D eigenvalue weighted by Gasteiger charge is 2.30. The van der Waals surface area contributed by atoms with E-state index in [-0.39, 0.29) is 24.1 Å². The second-order valence-electron chi connectivity index (χ2n) is 7.15. The van der Waals surface area contributed by atoms with Crippen LogP contribution < -0.4 is 4.74 Å². The molecule has 0 radical (unpaired) electrons. The average Bonchev–Trinajstić information content (AvgIpc) is 3.28. The van der Waals surface area contributed by atoms with Crippen LogP contribution in [0.25, 0.3) is 11.3 Å². The summed E-state index contributed by atoms with van der Waals surface area (Å²) in [7, 11) is 0. The molecule has 1 N–H and O–H groups in total. The minimum Gasteiger partial charge on any atom is -0.484 e. The molecule has 1 saturated heterocycles. The molecule has 154 valence electrons. The Morgan fingerprint density at radius 2 is 1.87 bits per heavy atom. The maximum Gasteiger partial charge on any atom is 0.335 e. The highest BCUT2D eigenvalue weighted by molar-refractivity contribution is 7.10. The van der Waals surface area contributed by atoms with Crippen LogP contribution in [-0.2, 0) is 4.79 Å². The first-order valence-corrected chi connectivity index (χ1v) is 10.8. The van der Waals surface area contributed by atoms with Crippen LogP contribution in [0.15, 0.2) is 60.0 Å². The van der Waals surface area contributed by atoms with Crippen molar-refractivity contribution in [1.29, 1.82) is 0 Å². The summed E-state index contributed by atoms with van der Waals surface area (Å²) in [6, 6.07) is 16.0. The van der Waals surface area contributed by atoms with E-state index in [0.29, 0.717) is 12.3 Å². The van der Waals surface area contributed by atoms with Gasteiger partial charge in [0.25, 0.3) is 5.91 Å². The normalized spacial score (nSPS) is 16.3. The first-order chi connectivity index (χ1) is 14.6. The molecule has 1 aliphatic heterocycles. The van der Waals surface area contributed by atoms with E-state index in [9.17, 15) is 9.59 Å². The van der Waals surface area contributed by atoms with Gasteiger partial charge in [-0.3, -0.25) is 4.79 Å². The van der Waals surface area contributed by atoms with Crippen LogP contribution in [0.4, 0.5) is 0 Å². The third kappa shape index (κ3) is 4.52. The molecule has 0 unspecified atom stereocenters. The summed E-state index contributed by atoms with van der Waals surface area (Å²) in [6.07, 6.45) is 2.90. The molecule has 0 saturated carbocycles. The highest BCUT2D eigenvalue weighted by Crippen LogP contribution is 2.35. The first-order valence-electron chi connectivity index (χ1n) is 9.88. The Kier molecular flexibility index (Phi) is 6.09. The summed E-state index contributed by atoms with van der Waals surface area (Å²) >= 11 is 1.53. The van der Waals surface area contributed by atoms with Gasteiger partial charge in [0.15, 0.2) is 6.61 Å². The zero-order chi connectivity index (χ0) is 20.9. The summed E-state index contributed by atoms with van der Waals surface area (Å²) in [5.74, 6) is -0.304. The van der Waals surface area contributed by atoms with Crippen molar-refractivity contribution in [1.82, 2.24) is 9.88 Å². The van der Waals surface area contributed by atoms with E-state index < -0.39 is 5.97 Å². The van der Waals surface area contributed by atoms with Gasteiger partial charge in [0.05, 0.1) is 17.3 Å². The summed E-state index contributed by atoms with van der Waals surface area (Å²) < 4.78 is 5.65. The van der Waals surface area contributed by atoms with E-state index in [2.05, 4.69) is 0 Å². The highest BCUT2D eigenvalue weighted by atomic mass is 32.1. The number of para-hydroxylation sites is 1. The molecule has 0 bridgehead atoms. The predicted molar refractivity (Wildman–Crippen MR) is 115 cm³/mol. The molecule has 2 heterocycles. The number of carbonyl (C=O) groups excluding carboxylic acids is 1. The standard InChI is InChI=1S/C23H22N2O4S/c26-21(14-29-18-6-2-1-3-7-18)25-13-5-4-8-20(25)22-24-19(15-30-22)16-9-11-17(12-10-16)23(27)28/h1-3,6-7,9-12,15,20H,4-5,8,13-14H2,(H,27,28)/t20-/m1/s1. The Morgan fingerprint density at radius 3 is 2.60 bits per heavy atom. The number of rotatable bonds is 6. The van der Waals surface area contributed by atoms with Crippen LogP contribution in [0.2, 0.25) is 0 Å². The van der Waals surface area contributed by atoms with Crippen molar-refractivity contribution in [2.45, 2.75) is 25.3 Å². The molecular weight excluding hydrogens is 400 g/mol. The van der Waals surface area contributed by atoms with Crippen LogP contribution >= 0.6 is 11.3 Å². The van der Waals surface area contributed by atoms with Crippen molar-refractivity contribution >= 4 is 23.2 Å². The van der Waals surface area contributed by atoms with Gasteiger partial charge >= 0.3 is 5.97 Å². The first kappa shape index (κ1) is 20.1. The summed E-state index contributed by atoms with van der Waals surface area (Å²) in [6.45, 7) is 0.708. The van der Waals surface area contributed by atoms with Crippen molar-refractivity contribution in [2.24, 2.45) is 0 Å². The molecule has 0 spiro atoms. The van der Waals surface area contributed by atoms with E-state index in [1.807, 2.05) is 40.6 Å². The minimum absolute atomic E-state index is 0.00932. The lowest BCUT2D eigenvalue weighted by Crippen LogP contribution is -2.41. The Hall–Kier alpha value is -3.19. The summed E-state index contributed by atoms with van der Waals surface area (Å²) in [5.41, 5.74) is 1.91. The second kappa shape index (κ2) is 9.09. The van der Waals surface area contributed by atoms with Gasteiger partial charge < -0.3 is 14.7 Å². The van der Waals surface area contributed by atoms with Gasteiger partial charge in [-0.2, -0.15) is 0 Å². The van der Waals surface area contributed by atoms with Crippen molar-refractivity contribution in [3.63, 3.8) is 0 Å². The molecule has 1 aromatic heterocycles. The zero-order valence-electron chi connectivity index (χ0n) is 16.4. The number of carboxylic acid groups (broad SMARTS) is 1. The fourth-order valence-corrected chi connectivity index (χ4v) is 4.56. The lowest BCUT2D eigenvalue weighted by molar-refractivity contribution is -0.137. The largest absolute Gasteiger partial charge is 0.484 e. The van der Waals surface area contributed by atoms with Gasteiger partial charge in [-0.05, 0) is 43.5 Å². The number of ether oxygens (including phenoxy) is 1. The van der Waals surface area contributed by atoms with Crippen LogP contribution in [0.1, 0.15) is 40.7 Å². The Morgan fingerprint density at radius 1 is 1.10 bits per heavy atom. The number of benzene rings is 2. The van der Waals surface area contributed by atoms with Crippen LogP contribution in [-0.4, -0.2) is 40.0 Å². The number of amides is 1. The Bertz CT molecular complexity index is 1020. The molecule has 4 rings (SSSR count). The molecular formula is C23H22N2O4S. The molecule has 30 heavy (non-hydrogen) atoms. The smallest absolute Gasteiger partial charge is 0.335 e. The van der Waals surface area contributed by atoms with Crippen LogP contribution in [0.3, 0.4) is 0 Å². The second-order valence-corrected chi connectivity index (χ2v) is 8.04. The van der Waals surface area contributed by atoms with Crippen molar-refractivity contribution in [2.75, 3.05) is 13.2 Å². The van der Waals surface area contributed by atoms with Crippen molar-refractivity contribution in [3.8, 4) is 17.0 Å². The van der Waals surface area contributed by atoms with Crippen LogP contribution in [0, 0.1) is 0 Å². The predicted octanol–water partition coefficient (Wildman–Crippen LogP) is 4.64. The van der Waals surface area contributed by atoms with E-state index in [1.165, 1.54) is 11.3 Å². The zero-order valence-corrected chi connectivity index (χ0v) is 17.2. The lowest BCUT2D eigenvalue weighted by atomic mass is 10.0. The number of aromatic carboxylic acids is 1. The number of thiazole rings is 1. The van der Waals surface area contributed by atoms with E-state index in [0.717, 1.165) is 35.5 Å². The summed E-state index contributed by atoms with van der Waals surface area (Å²) in [4.78, 5) is 30.5. The quantitative estimate of drug-likeness (QED) is 0.626. The number of piperidine rings is 1. The number of hydrogen-bond acceptors (Lipinski definition) is 5. The number of nitrogens with zero attached hydrogens (tertiary/aromatic N) is 2. The average molecular weight is 423 g/mol. The van der Waals surface area contributed by atoms with Crippen molar-refractivity contribution < 1.29 is 19.4 Å². The molecule has 1 fully saturated rings. The molecule has 2 aromatic carbocycles. The minimum atomic E-state index is -0.949. The lowest BCUT2D eigenvalue weighted by Gasteiger charge is -2.34. The maximum atomic E-state index is 12.9. The topological polar surface area (TPSA) is 79.7 Å². The van der Waals surface area contributed by atoms with Gasteiger partial charge in [0, 0.05) is 17.5 Å². The number of hydrogen-bond donors (Lipinski definition) is 1. The number of carboxylic acids is 1. The van der Waals surface area contributed by atoms with Gasteiger partial charge in [-0.25, -0.2) is 9.78 Å².